The summed E-state index contributed by atoms with van der Waals surface area (Å²) in [4.78, 5) is 26.7. The van der Waals surface area contributed by atoms with Crippen molar-refractivity contribution in [2.75, 3.05) is 0 Å². The fraction of sp³-hybridized carbons (Fsp3) is 0.250. The molecule has 1 fully saturated rings. The van der Waals surface area contributed by atoms with Gasteiger partial charge in [0.2, 0.25) is 0 Å². The van der Waals surface area contributed by atoms with Crippen molar-refractivity contribution < 1.29 is 14.7 Å². The lowest BCUT2D eigenvalue weighted by molar-refractivity contribution is -0.153. The van der Waals surface area contributed by atoms with E-state index in [9.17, 15) is 14.7 Å². The van der Waals surface area contributed by atoms with Crippen molar-refractivity contribution in [1.29, 1.82) is 0 Å². The normalized spacial score (nSPS) is 18.0. The summed E-state index contributed by atoms with van der Waals surface area (Å²) >= 11 is 0. The second-order valence-electron chi connectivity index (χ2n) is 4.37. The van der Waals surface area contributed by atoms with Gasteiger partial charge in [0.05, 0.1) is 5.69 Å². The number of ketones is 1. The Kier molecular flexibility index (Phi) is 1.86. The van der Waals surface area contributed by atoms with Crippen molar-refractivity contribution in [3.8, 4) is 0 Å². The Morgan fingerprint density at radius 1 is 1.41 bits per heavy atom. The lowest BCUT2D eigenvalue weighted by atomic mass is 9.66. The first-order valence-corrected chi connectivity index (χ1v) is 5.31. The first-order chi connectivity index (χ1) is 8.12. The van der Waals surface area contributed by atoms with Crippen LogP contribution in [0.2, 0.25) is 0 Å². The fourth-order valence-corrected chi connectivity index (χ4v) is 2.23. The average molecular weight is 230 g/mol. The number of Topliss-reactive ketones (excluding diaryl/α,β-unsaturated/α-hetero) is 1. The van der Waals surface area contributed by atoms with Gasteiger partial charge in [0.1, 0.15) is 16.8 Å². The summed E-state index contributed by atoms with van der Waals surface area (Å²) in [5, 5.41) is 9.28. The molecular weight excluding hydrogens is 220 g/mol. The molecule has 0 aromatic carbocycles. The Hall–Kier alpha value is -2.17. The van der Waals surface area contributed by atoms with Crippen LogP contribution in [0.25, 0.3) is 5.65 Å². The van der Waals surface area contributed by atoms with Gasteiger partial charge >= 0.3 is 5.97 Å². The van der Waals surface area contributed by atoms with Crippen molar-refractivity contribution in [1.82, 2.24) is 9.38 Å². The molecule has 5 heteroatoms. The Labute approximate surface area is 96.7 Å². The summed E-state index contributed by atoms with van der Waals surface area (Å²) in [6.07, 6.45) is 3.59. The van der Waals surface area contributed by atoms with Crippen molar-refractivity contribution >= 4 is 17.4 Å². The van der Waals surface area contributed by atoms with Crippen LogP contribution in [0.3, 0.4) is 0 Å². The molecule has 2 heterocycles. The van der Waals surface area contributed by atoms with Crippen LogP contribution in [0.1, 0.15) is 18.5 Å². The number of carbonyl (C=O) groups excluding carboxylic acids is 1. The molecule has 0 atom stereocenters. The monoisotopic (exact) mass is 230 g/mol. The number of fused-ring (bicyclic) bond motifs is 1. The number of carboxylic acid groups (broad SMARTS) is 1. The summed E-state index contributed by atoms with van der Waals surface area (Å²) in [5.74, 6) is -0.995. The minimum Gasteiger partial charge on any atom is -0.481 e. The molecule has 1 N–H and O–H groups in total. The van der Waals surface area contributed by atoms with E-state index in [1.165, 1.54) is 0 Å². The summed E-state index contributed by atoms with van der Waals surface area (Å²) in [5.41, 5.74) is 0.0570. The number of aromatic nitrogens is 2. The summed E-state index contributed by atoms with van der Waals surface area (Å²) in [7, 11) is 0. The average Bonchev–Trinajstić information content (AvgIpc) is 2.67. The van der Waals surface area contributed by atoms with Gasteiger partial charge in [-0.15, -0.1) is 0 Å². The van der Waals surface area contributed by atoms with Gasteiger partial charge in [0.15, 0.2) is 0 Å². The number of nitrogens with zero attached hydrogens (tertiary/aromatic N) is 2. The van der Waals surface area contributed by atoms with E-state index >= 15 is 0 Å². The third kappa shape index (κ3) is 1.28. The number of hydrogen-bond donors (Lipinski definition) is 1. The first kappa shape index (κ1) is 10.0. The van der Waals surface area contributed by atoms with Gasteiger partial charge in [0, 0.05) is 25.2 Å². The zero-order chi connectivity index (χ0) is 12.0. The van der Waals surface area contributed by atoms with Crippen molar-refractivity contribution in [3.05, 3.63) is 36.3 Å². The molecule has 0 radical (unpaired) electrons. The van der Waals surface area contributed by atoms with Crippen LogP contribution in [-0.4, -0.2) is 26.2 Å². The summed E-state index contributed by atoms with van der Waals surface area (Å²) in [6, 6.07) is 5.49. The molecule has 0 unspecified atom stereocenters. The molecule has 2 aromatic rings. The highest BCUT2D eigenvalue weighted by Crippen LogP contribution is 2.41. The van der Waals surface area contributed by atoms with Crippen LogP contribution in [0.4, 0.5) is 0 Å². The maximum absolute atomic E-state index is 11.3. The highest BCUT2D eigenvalue weighted by molar-refractivity contribution is 6.01. The molecule has 5 nitrogen and oxygen atoms in total. The standard InChI is InChI=1S/C12H10N2O3/c15-8-5-12(6-8,11(16)17)9-7-14-4-2-1-3-10(14)13-9/h1-4,7H,5-6H2,(H,16,17). The lowest BCUT2D eigenvalue weighted by Crippen LogP contribution is -2.48. The number of imidazole rings is 1. The number of rotatable bonds is 2. The van der Waals surface area contributed by atoms with Gasteiger partial charge in [-0.2, -0.15) is 0 Å². The van der Waals surface area contributed by atoms with Crippen LogP contribution in [0.5, 0.6) is 0 Å². The fourth-order valence-electron chi connectivity index (χ4n) is 2.23. The third-order valence-electron chi connectivity index (χ3n) is 3.26. The maximum Gasteiger partial charge on any atom is 0.316 e. The van der Waals surface area contributed by atoms with E-state index in [-0.39, 0.29) is 18.6 Å². The number of hydrogen-bond acceptors (Lipinski definition) is 3. The second kappa shape index (κ2) is 3.16. The van der Waals surface area contributed by atoms with E-state index in [0.717, 1.165) is 0 Å². The first-order valence-electron chi connectivity index (χ1n) is 5.31. The van der Waals surface area contributed by atoms with Crippen molar-refractivity contribution in [3.63, 3.8) is 0 Å². The minimum absolute atomic E-state index is 0.0237. The molecule has 3 rings (SSSR count). The molecule has 2 aromatic heterocycles. The number of carboxylic acids is 1. The van der Waals surface area contributed by atoms with Gasteiger partial charge in [-0.25, -0.2) is 4.98 Å². The van der Waals surface area contributed by atoms with Gasteiger partial charge in [-0.3, -0.25) is 9.59 Å². The summed E-state index contributed by atoms with van der Waals surface area (Å²) in [6.45, 7) is 0. The second-order valence-corrected chi connectivity index (χ2v) is 4.37. The molecule has 0 spiro atoms. The molecular formula is C12H10N2O3. The Bertz CT molecular complexity index is 588. The van der Waals surface area contributed by atoms with E-state index in [1.54, 1.807) is 16.7 Å². The zero-order valence-electron chi connectivity index (χ0n) is 8.96. The van der Waals surface area contributed by atoms with Gasteiger partial charge in [-0.1, -0.05) is 6.07 Å². The van der Waals surface area contributed by atoms with E-state index in [4.69, 9.17) is 0 Å². The predicted octanol–water partition coefficient (Wildman–Crippen LogP) is 1.02. The maximum atomic E-state index is 11.3. The van der Waals surface area contributed by atoms with Gasteiger partial charge in [-0.05, 0) is 12.1 Å². The van der Waals surface area contributed by atoms with E-state index < -0.39 is 11.4 Å². The Morgan fingerprint density at radius 3 is 2.76 bits per heavy atom. The van der Waals surface area contributed by atoms with Crippen molar-refractivity contribution in [2.45, 2.75) is 18.3 Å². The smallest absolute Gasteiger partial charge is 0.316 e. The molecule has 0 aliphatic heterocycles. The Balaban J connectivity index is 2.13. The minimum atomic E-state index is -1.11. The lowest BCUT2D eigenvalue weighted by Gasteiger charge is -2.34. The molecule has 1 aliphatic carbocycles. The number of carbonyl (C=O) groups is 2. The van der Waals surface area contributed by atoms with Crippen molar-refractivity contribution in [2.24, 2.45) is 0 Å². The van der Waals surface area contributed by atoms with Crippen LogP contribution in [0, 0.1) is 0 Å². The number of pyridine rings is 1. The highest BCUT2D eigenvalue weighted by Gasteiger charge is 2.53. The SMILES string of the molecule is O=C1CC(C(=O)O)(c2cn3ccccc3n2)C1. The van der Waals surface area contributed by atoms with Gasteiger partial charge in [0.25, 0.3) is 0 Å². The number of aliphatic carboxylic acids is 1. The molecule has 17 heavy (non-hydrogen) atoms. The topological polar surface area (TPSA) is 71.7 Å². The predicted molar refractivity (Wildman–Crippen MR) is 58.7 cm³/mol. The molecule has 1 saturated carbocycles. The van der Waals surface area contributed by atoms with Crippen LogP contribution in [0.15, 0.2) is 30.6 Å². The van der Waals surface area contributed by atoms with Crippen LogP contribution in [-0.2, 0) is 15.0 Å². The van der Waals surface area contributed by atoms with E-state index in [1.807, 2.05) is 18.3 Å². The molecule has 0 bridgehead atoms. The molecule has 0 saturated heterocycles. The quantitative estimate of drug-likeness (QED) is 0.836. The zero-order valence-corrected chi connectivity index (χ0v) is 8.96. The summed E-state index contributed by atoms with van der Waals surface area (Å²) < 4.78 is 1.77. The molecule has 0 amide bonds. The van der Waals surface area contributed by atoms with Gasteiger partial charge < -0.3 is 9.51 Å². The Morgan fingerprint density at radius 2 is 2.18 bits per heavy atom. The van der Waals surface area contributed by atoms with Crippen LogP contribution < -0.4 is 0 Å². The molecule has 86 valence electrons. The van der Waals surface area contributed by atoms with E-state index in [0.29, 0.717) is 11.3 Å². The largest absolute Gasteiger partial charge is 0.481 e. The third-order valence-corrected chi connectivity index (χ3v) is 3.26. The van der Waals surface area contributed by atoms with E-state index in [2.05, 4.69) is 4.98 Å². The van der Waals surface area contributed by atoms with Crippen LogP contribution >= 0.6 is 0 Å². The molecule has 1 aliphatic rings. The highest BCUT2D eigenvalue weighted by atomic mass is 16.4.